The van der Waals surface area contributed by atoms with Gasteiger partial charge in [0.1, 0.15) is 0 Å². The molecule has 1 aromatic rings. The molecule has 1 fully saturated rings. The van der Waals surface area contributed by atoms with Gasteiger partial charge in [0.2, 0.25) is 0 Å². The van der Waals surface area contributed by atoms with Gasteiger partial charge in [-0.15, -0.1) is 0 Å². The standard InChI is InChI=1S/C16H20ClF3N2O/c17-14-7-6-12(10-13(14)16(18,19)20)22-15(23)21-9-8-11-4-2-1-3-5-11/h6-7,10-11H,1-5,8-9H2,(H2,21,22,23). The summed E-state index contributed by atoms with van der Waals surface area (Å²) in [6, 6.07) is 2.81. The van der Waals surface area contributed by atoms with Crippen LogP contribution in [-0.2, 0) is 6.18 Å². The number of halogens is 4. The van der Waals surface area contributed by atoms with Crippen molar-refractivity contribution < 1.29 is 18.0 Å². The molecular weight excluding hydrogens is 329 g/mol. The molecule has 1 saturated carbocycles. The Morgan fingerprint density at radius 1 is 1.22 bits per heavy atom. The lowest BCUT2D eigenvalue weighted by atomic mass is 9.87. The lowest BCUT2D eigenvalue weighted by molar-refractivity contribution is -0.137. The van der Waals surface area contributed by atoms with Crippen LogP contribution in [0, 0.1) is 5.92 Å². The quantitative estimate of drug-likeness (QED) is 0.746. The fraction of sp³-hybridized carbons (Fsp3) is 0.562. The first kappa shape index (κ1) is 17.9. The summed E-state index contributed by atoms with van der Waals surface area (Å²) >= 11 is 5.54. The molecule has 0 aromatic heterocycles. The monoisotopic (exact) mass is 348 g/mol. The van der Waals surface area contributed by atoms with Crippen molar-refractivity contribution in [2.45, 2.75) is 44.7 Å². The molecule has 1 aliphatic rings. The van der Waals surface area contributed by atoms with Crippen molar-refractivity contribution in [3.8, 4) is 0 Å². The number of carbonyl (C=O) groups excluding carboxylic acids is 1. The molecule has 7 heteroatoms. The summed E-state index contributed by atoms with van der Waals surface area (Å²) in [5.74, 6) is 0.636. The molecule has 2 rings (SSSR count). The van der Waals surface area contributed by atoms with Gasteiger partial charge in [0.25, 0.3) is 0 Å². The van der Waals surface area contributed by atoms with Crippen molar-refractivity contribution in [2.75, 3.05) is 11.9 Å². The molecule has 0 heterocycles. The van der Waals surface area contributed by atoms with Crippen LogP contribution in [0.5, 0.6) is 0 Å². The summed E-state index contributed by atoms with van der Waals surface area (Å²) in [5, 5.41) is 4.71. The third kappa shape index (κ3) is 5.61. The number of amides is 2. The fourth-order valence-electron chi connectivity index (χ4n) is 2.86. The van der Waals surface area contributed by atoms with Crippen LogP contribution in [-0.4, -0.2) is 12.6 Å². The zero-order valence-corrected chi connectivity index (χ0v) is 13.4. The lowest BCUT2D eigenvalue weighted by Crippen LogP contribution is -2.30. The van der Waals surface area contributed by atoms with Gasteiger partial charge in [-0.2, -0.15) is 13.2 Å². The molecule has 0 saturated heterocycles. The van der Waals surface area contributed by atoms with Crippen LogP contribution >= 0.6 is 11.6 Å². The van der Waals surface area contributed by atoms with Gasteiger partial charge in [-0.1, -0.05) is 43.7 Å². The van der Waals surface area contributed by atoms with Crippen molar-refractivity contribution >= 4 is 23.3 Å². The Hall–Kier alpha value is -1.43. The largest absolute Gasteiger partial charge is 0.417 e. The zero-order chi connectivity index (χ0) is 16.9. The van der Waals surface area contributed by atoms with E-state index in [-0.39, 0.29) is 10.7 Å². The predicted octanol–water partition coefficient (Wildman–Crippen LogP) is 5.45. The SMILES string of the molecule is O=C(NCCC1CCCCC1)Nc1ccc(Cl)c(C(F)(F)F)c1. The molecule has 3 nitrogen and oxygen atoms in total. The molecule has 0 bridgehead atoms. The summed E-state index contributed by atoms with van der Waals surface area (Å²) in [7, 11) is 0. The summed E-state index contributed by atoms with van der Waals surface area (Å²) in [6.07, 6.45) is 2.49. The van der Waals surface area contributed by atoms with Crippen molar-refractivity contribution in [1.29, 1.82) is 0 Å². The number of urea groups is 1. The molecule has 2 N–H and O–H groups in total. The Balaban J connectivity index is 1.83. The van der Waals surface area contributed by atoms with Crippen LogP contribution in [0.1, 0.15) is 44.1 Å². The molecule has 0 aliphatic heterocycles. The highest BCUT2D eigenvalue weighted by Gasteiger charge is 2.33. The second kappa shape index (κ2) is 7.90. The number of hydrogen-bond donors (Lipinski definition) is 2. The number of alkyl halides is 3. The van der Waals surface area contributed by atoms with Gasteiger partial charge in [0.05, 0.1) is 10.6 Å². The van der Waals surface area contributed by atoms with E-state index in [1.807, 2.05) is 0 Å². The fourth-order valence-corrected chi connectivity index (χ4v) is 3.09. The molecule has 2 amide bonds. The number of hydrogen-bond acceptors (Lipinski definition) is 1. The van der Waals surface area contributed by atoms with Gasteiger partial charge in [-0.05, 0) is 30.5 Å². The van der Waals surface area contributed by atoms with E-state index < -0.39 is 17.8 Å². The van der Waals surface area contributed by atoms with Crippen LogP contribution in [0.3, 0.4) is 0 Å². The number of nitrogens with one attached hydrogen (secondary N) is 2. The molecule has 128 valence electrons. The topological polar surface area (TPSA) is 41.1 Å². The van der Waals surface area contributed by atoms with E-state index in [0.717, 1.165) is 18.6 Å². The van der Waals surface area contributed by atoms with Gasteiger partial charge in [-0.25, -0.2) is 4.79 Å². The molecule has 1 aromatic carbocycles. The van der Waals surface area contributed by atoms with Gasteiger partial charge < -0.3 is 10.6 Å². The maximum Gasteiger partial charge on any atom is 0.417 e. The van der Waals surface area contributed by atoms with E-state index in [1.54, 1.807) is 0 Å². The first-order chi connectivity index (χ1) is 10.9. The zero-order valence-electron chi connectivity index (χ0n) is 12.7. The van der Waals surface area contributed by atoms with Crippen LogP contribution in [0.15, 0.2) is 18.2 Å². The molecule has 0 unspecified atom stereocenters. The van der Waals surface area contributed by atoms with Gasteiger partial charge in [-0.3, -0.25) is 0 Å². The first-order valence-electron chi connectivity index (χ1n) is 7.78. The Morgan fingerprint density at radius 3 is 2.57 bits per heavy atom. The van der Waals surface area contributed by atoms with Crippen LogP contribution in [0.4, 0.5) is 23.7 Å². The molecular formula is C16H20ClF3N2O. The van der Waals surface area contributed by atoms with E-state index in [2.05, 4.69) is 10.6 Å². The Morgan fingerprint density at radius 2 is 1.91 bits per heavy atom. The summed E-state index contributed by atoms with van der Waals surface area (Å²) in [5.41, 5.74) is -0.893. The minimum Gasteiger partial charge on any atom is -0.338 e. The first-order valence-corrected chi connectivity index (χ1v) is 8.15. The Kier molecular flexibility index (Phi) is 6.16. The minimum absolute atomic E-state index is 0.0666. The average molecular weight is 349 g/mol. The highest BCUT2D eigenvalue weighted by Crippen LogP contribution is 2.36. The minimum atomic E-state index is -4.55. The third-order valence-corrected chi connectivity index (χ3v) is 4.42. The molecule has 1 aliphatic carbocycles. The van der Waals surface area contributed by atoms with E-state index in [9.17, 15) is 18.0 Å². The van der Waals surface area contributed by atoms with Crippen molar-refractivity contribution in [3.63, 3.8) is 0 Å². The number of carbonyl (C=O) groups is 1. The second-order valence-corrected chi connectivity index (χ2v) is 6.27. The van der Waals surface area contributed by atoms with Crippen molar-refractivity contribution in [1.82, 2.24) is 5.32 Å². The summed E-state index contributed by atoms with van der Waals surface area (Å²) in [4.78, 5) is 11.8. The number of anilines is 1. The number of benzene rings is 1. The molecule has 0 spiro atoms. The third-order valence-electron chi connectivity index (χ3n) is 4.09. The highest BCUT2D eigenvalue weighted by atomic mass is 35.5. The van der Waals surface area contributed by atoms with E-state index in [4.69, 9.17) is 11.6 Å². The van der Waals surface area contributed by atoms with Crippen LogP contribution in [0.25, 0.3) is 0 Å². The predicted molar refractivity (Wildman–Crippen MR) is 84.7 cm³/mol. The van der Waals surface area contributed by atoms with Crippen molar-refractivity contribution in [3.05, 3.63) is 28.8 Å². The maximum absolute atomic E-state index is 12.8. The average Bonchev–Trinajstić information content (AvgIpc) is 2.49. The summed E-state index contributed by atoms with van der Waals surface area (Å²) < 4.78 is 38.3. The lowest BCUT2D eigenvalue weighted by Gasteiger charge is -2.21. The van der Waals surface area contributed by atoms with Crippen LogP contribution < -0.4 is 10.6 Å². The molecule has 0 atom stereocenters. The number of rotatable bonds is 4. The molecule has 0 radical (unpaired) electrons. The van der Waals surface area contributed by atoms with E-state index in [0.29, 0.717) is 12.5 Å². The van der Waals surface area contributed by atoms with Gasteiger partial charge in [0.15, 0.2) is 0 Å². The Labute approximate surface area is 138 Å². The maximum atomic E-state index is 12.8. The Bertz CT molecular complexity index is 543. The van der Waals surface area contributed by atoms with E-state index >= 15 is 0 Å². The normalized spacial score (nSPS) is 16.2. The van der Waals surface area contributed by atoms with E-state index in [1.165, 1.54) is 38.2 Å². The van der Waals surface area contributed by atoms with Gasteiger partial charge in [0, 0.05) is 12.2 Å². The van der Waals surface area contributed by atoms with Crippen molar-refractivity contribution in [2.24, 2.45) is 5.92 Å². The highest BCUT2D eigenvalue weighted by molar-refractivity contribution is 6.31. The summed E-state index contributed by atoms with van der Waals surface area (Å²) in [6.45, 7) is 0.524. The van der Waals surface area contributed by atoms with Gasteiger partial charge >= 0.3 is 12.2 Å². The molecule has 23 heavy (non-hydrogen) atoms. The smallest absolute Gasteiger partial charge is 0.338 e. The second-order valence-electron chi connectivity index (χ2n) is 5.87. The van der Waals surface area contributed by atoms with Crippen LogP contribution in [0.2, 0.25) is 5.02 Å².